The Hall–Kier alpha value is -5.19. The number of H-pyrrole nitrogens is 1. The van der Waals surface area contributed by atoms with Crippen molar-refractivity contribution >= 4 is 23.6 Å². The zero-order valence-electron chi connectivity index (χ0n) is 35.3. The molecule has 0 spiro atoms. The van der Waals surface area contributed by atoms with E-state index in [1.807, 2.05) is 86.6 Å². The van der Waals surface area contributed by atoms with E-state index >= 15 is 0 Å². The minimum absolute atomic E-state index is 0.00805. The van der Waals surface area contributed by atoms with Crippen molar-refractivity contribution in [1.29, 1.82) is 0 Å². The second-order valence-corrected chi connectivity index (χ2v) is 15.6. The molecule has 2 N–H and O–H groups in total. The SMILES string of the molecule is CCCCC(=O)N(Cc1ccc(-c2ccccc2-c2nn[nH]n2)cc1)C(C(=O)NCCCCCCCCCC(=O)c1ccccc1C(CCCC)OC(C)=O)C(C)C. The van der Waals surface area contributed by atoms with Crippen molar-refractivity contribution in [3.05, 3.63) is 89.5 Å². The number of ether oxygens (including phenoxy) is 1. The van der Waals surface area contributed by atoms with Gasteiger partial charge in [0.15, 0.2) is 5.78 Å². The number of aromatic amines is 1. The molecule has 4 aromatic rings. The fourth-order valence-electron chi connectivity index (χ4n) is 7.45. The molecule has 0 aliphatic heterocycles. The van der Waals surface area contributed by atoms with E-state index in [-0.39, 0.29) is 29.5 Å². The number of hydrogen-bond acceptors (Lipinski definition) is 8. The lowest BCUT2D eigenvalue weighted by atomic mass is 9.93. The number of aromatic nitrogens is 4. The number of esters is 1. The number of nitrogens with one attached hydrogen (secondary N) is 2. The highest BCUT2D eigenvalue weighted by Crippen LogP contribution is 2.31. The van der Waals surface area contributed by atoms with Gasteiger partial charge in [-0.1, -0.05) is 145 Å². The average Bonchev–Trinajstić information content (AvgIpc) is 3.77. The van der Waals surface area contributed by atoms with Crippen LogP contribution in [-0.4, -0.2) is 61.7 Å². The fourth-order valence-corrected chi connectivity index (χ4v) is 7.45. The highest BCUT2D eigenvalue weighted by molar-refractivity contribution is 5.97. The van der Waals surface area contributed by atoms with Crippen LogP contribution in [0, 0.1) is 5.92 Å². The van der Waals surface area contributed by atoms with Gasteiger partial charge >= 0.3 is 5.97 Å². The number of tetrazole rings is 1. The number of amides is 2. The molecule has 2 atom stereocenters. The van der Waals surface area contributed by atoms with E-state index in [1.165, 1.54) is 6.92 Å². The lowest BCUT2D eigenvalue weighted by molar-refractivity contribution is -0.147. The molecule has 0 bridgehead atoms. The molecule has 3 aromatic carbocycles. The van der Waals surface area contributed by atoms with Gasteiger partial charge in [0.25, 0.3) is 0 Å². The third kappa shape index (κ3) is 14.0. The van der Waals surface area contributed by atoms with Crippen LogP contribution < -0.4 is 5.32 Å². The fraction of sp³-hybridized carbons (Fsp3) is 0.511. The molecule has 1 heterocycles. The summed E-state index contributed by atoms with van der Waals surface area (Å²) in [7, 11) is 0. The zero-order valence-corrected chi connectivity index (χ0v) is 35.3. The van der Waals surface area contributed by atoms with Gasteiger partial charge in [-0.3, -0.25) is 19.2 Å². The van der Waals surface area contributed by atoms with E-state index in [2.05, 4.69) is 39.8 Å². The number of ketones is 1. The maximum atomic E-state index is 13.7. The Morgan fingerprint density at radius 3 is 2.07 bits per heavy atom. The number of carbonyl (C=O) groups is 4. The van der Waals surface area contributed by atoms with Crippen LogP contribution in [0.1, 0.15) is 152 Å². The van der Waals surface area contributed by atoms with Crippen LogP contribution in [0.2, 0.25) is 0 Å². The standard InChI is InChI=1S/C47H64N6O5/c1-6-8-26-43(58-35(5)54)40-23-18-17-22-39(40)42(55)25-15-13-11-10-12-14-20-32-48-47(57)45(34(3)4)53(44(56)27-9-7-2)33-36-28-30-37(31-29-36)38-21-16-19-24-41(38)46-49-51-52-50-46/h16-19,21-24,28-31,34,43,45H,6-15,20,25-27,32-33H2,1-5H3,(H,48,57)(H,49,50,51,52). The minimum Gasteiger partial charge on any atom is -0.458 e. The molecule has 1 aromatic heterocycles. The highest BCUT2D eigenvalue weighted by atomic mass is 16.5. The molecule has 0 fully saturated rings. The van der Waals surface area contributed by atoms with Crippen LogP contribution in [0.3, 0.4) is 0 Å². The van der Waals surface area contributed by atoms with Crippen LogP contribution in [0.5, 0.6) is 0 Å². The molecular weight excluding hydrogens is 729 g/mol. The average molecular weight is 793 g/mol. The second-order valence-electron chi connectivity index (χ2n) is 15.6. The van der Waals surface area contributed by atoms with E-state index in [4.69, 9.17) is 4.74 Å². The quantitative estimate of drug-likeness (QED) is 0.0363. The molecule has 0 aliphatic carbocycles. The van der Waals surface area contributed by atoms with Gasteiger partial charge in [0.05, 0.1) is 0 Å². The summed E-state index contributed by atoms with van der Waals surface area (Å²) >= 11 is 0. The number of carbonyl (C=O) groups excluding carboxylic acids is 4. The molecule has 4 rings (SSSR count). The van der Waals surface area contributed by atoms with Crippen molar-refractivity contribution in [2.45, 2.75) is 143 Å². The Balaban J connectivity index is 1.23. The molecule has 11 nitrogen and oxygen atoms in total. The Kier molecular flexibility index (Phi) is 19.3. The summed E-state index contributed by atoms with van der Waals surface area (Å²) in [6, 6.07) is 23.0. The van der Waals surface area contributed by atoms with Crippen LogP contribution in [0.25, 0.3) is 22.5 Å². The monoisotopic (exact) mass is 792 g/mol. The van der Waals surface area contributed by atoms with Crippen molar-refractivity contribution in [2.24, 2.45) is 5.92 Å². The maximum absolute atomic E-state index is 13.7. The van der Waals surface area contributed by atoms with Gasteiger partial charge in [-0.25, -0.2) is 0 Å². The number of unbranched alkanes of at least 4 members (excludes halogenated alkanes) is 8. The predicted octanol–water partition coefficient (Wildman–Crippen LogP) is 9.99. The molecule has 0 saturated heterocycles. The van der Waals surface area contributed by atoms with Gasteiger partial charge in [-0.2, -0.15) is 5.21 Å². The van der Waals surface area contributed by atoms with E-state index < -0.39 is 12.1 Å². The van der Waals surface area contributed by atoms with Gasteiger partial charge < -0.3 is 15.0 Å². The summed E-state index contributed by atoms with van der Waals surface area (Å²) in [5.41, 5.74) is 5.26. The lowest BCUT2D eigenvalue weighted by Gasteiger charge is -2.34. The number of hydrogen-bond donors (Lipinski definition) is 2. The zero-order chi connectivity index (χ0) is 41.7. The first-order chi connectivity index (χ1) is 28.1. The summed E-state index contributed by atoms with van der Waals surface area (Å²) in [6.45, 7) is 10.5. The number of benzene rings is 3. The lowest BCUT2D eigenvalue weighted by Crippen LogP contribution is -2.52. The van der Waals surface area contributed by atoms with Gasteiger partial charge in [-0.05, 0) is 59.9 Å². The van der Waals surface area contributed by atoms with Gasteiger partial charge in [0.2, 0.25) is 17.6 Å². The number of Topliss-reactive ketones (excluding diaryl/α,β-unsaturated/α-hetero) is 1. The van der Waals surface area contributed by atoms with Crippen LogP contribution in [-0.2, 0) is 25.7 Å². The van der Waals surface area contributed by atoms with Gasteiger partial charge in [0.1, 0.15) is 12.1 Å². The van der Waals surface area contributed by atoms with E-state index in [1.54, 1.807) is 4.90 Å². The first-order valence-corrected chi connectivity index (χ1v) is 21.4. The summed E-state index contributed by atoms with van der Waals surface area (Å²) in [5, 5.41) is 17.7. The Bertz CT molecular complexity index is 1860. The second kappa shape index (κ2) is 24.6. The Labute approximate surface area is 345 Å². The van der Waals surface area contributed by atoms with Crippen molar-refractivity contribution in [1.82, 2.24) is 30.8 Å². The predicted molar refractivity (Wildman–Crippen MR) is 229 cm³/mol. The minimum atomic E-state index is -0.582. The van der Waals surface area contributed by atoms with Crippen LogP contribution >= 0.6 is 0 Å². The van der Waals surface area contributed by atoms with E-state index in [9.17, 15) is 19.2 Å². The normalized spacial score (nSPS) is 12.2. The smallest absolute Gasteiger partial charge is 0.303 e. The van der Waals surface area contributed by atoms with Crippen LogP contribution in [0.15, 0.2) is 72.8 Å². The van der Waals surface area contributed by atoms with Crippen molar-refractivity contribution in [2.75, 3.05) is 6.54 Å². The molecule has 58 heavy (non-hydrogen) atoms. The third-order valence-corrected chi connectivity index (χ3v) is 10.5. The molecule has 0 aliphatic rings. The molecule has 0 saturated carbocycles. The highest BCUT2D eigenvalue weighted by Gasteiger charge is 2.32. The third-order valence-electron chi connectivity index (χ3n) is 10.5. The van der Waals surface area contributed by atoms with E-state index in [0.29, 0.717) is 43.7 Å². The summed E-state index contributed by atoms with van der Waals surface area (Å²) in [5.74, 6) is 0.105. The summed E-state index contributed by atoms with van der Waals surface area (Å²) < 4.78 is 5.61. The Morgan fingerprint density at radius 1 is 0.759 bits per heavy atom. The topological polar surface area (TPSA) is 147 Å². The molecule has 0 radical (unpaired) electrons. The molecule has 11 heteroatoms. The van der Waals surface area contributed by atoms with Crippen molar-refractivity contribution in [3.63, 3.8) is 0 Å². The van der Waals surface area contributed by atoms with E-state index in [0.717, 1.165) is 98.4 Å². The molecular formula is C47H64N6O5. The molecule has 2 unspecified atom stereocenters. The van der Waals surface area contributed by atoms with Gasteiger partial charge in [0, 0.05) is 49.5 Å². The van der Waals surface area contributed by atoms with Gasteiger partial charge in [-0.15, -0.1) is 10.2 Å². The number of nitrogens with zero attached hydrogens (tertiary/aromatic N) is 4. The summed E-state index contributed by atoms with van der Waals surface area (Å²) in [6.07, 6.45) is 11.6. The Morgan fingerprint density at radius 2 is 1.41 bits per heavy atom. The molecule has 2 amide bonds. The molecule has 312 valence electrons. The van der Waals surface area contributed by atoms with Crippen molar-refractivity contribution in [3.8, 4) is 22.5 Å². The summed E-state index contributed by atoms with van der Waals surface area (Å²) in [4.78, 5) is 54.1. The van der Waals surface area contributed by atoms with Crippen LogP contribution in [0.4, 0.5) is 0 Å². The number of rotatable bonds is 26. The first kappa shape index (κ1) is 45.5. The van der Waals surface area contributed by atoms with Crippen molar-refractivity contribution < 1.29 is 23.9 Å². The first-order valence-electron chi connectivity index (χ1n) is 21.4. The maximum Gasteiger partial charge on any atom is 0.303 e. The largest absolute Gasteiger partial charge is 0.458 e.